The zero-order valence-electron chi connectivity index (χ0n) is 11.1. The molecule has 0 saturated heterocycles. The van der Waals surface area contributed by atoms with Crippen molar-refractivity contribution >= 4 is 21.8 Å². The Hall–Kier alpha value is 0.220. The summed E-state index contributed by atoms with van der Waals surface area (Å²) >= 11 is 1.67. The molecule has 0 amide bonds. The van der Waals surface area contributed by atoms with Crippen LogP contribution in [0.15, 0.2) is 0 Å². The molecule has 0 aromatic heterocycles. The van der Waals surface area contributed by atoms with Crippen LogP contribution in [0.5, 0.6) is 0 Å². The van der Waals surface area contributed by atoms with Crippen LogP contribution < -0.4 is 5.32 Å². The van der Waals surface area contributed by atoms with Gasteiger partial charge in [-0.15, -0.1) is 0 Å². The van der Waals surface area contributed by atoms with Crippen molar-refractivity contribution in [2.45, 2.75) is 44.0 Å². The Balaban J connectivity index is 2.51. The fraction of sp³-hybridized carbons (Fsp3) is 1.00. The maximum atomic E-state index is 12.3. The van der Waals surface area contributed by atoms with Crippen molar-refractivity contribution in [1.29, 1.82) is 0 Å². The highest BCUT2D eigenvalue weighted by Gasteiger charge is 2.30. The molecule has 0 aromatic carbocycles. The Kier molecular flexibility index (Phi) is 5.76. The lowest BCUT2D eigenvalue weighted by Crippen LogP contribution is -2.45. The monoisotopic (exact) mass is 280 g/mol. The third kappa shape index (κ3) is 4.43. The average molecular weight is 280 g/mol. The van der Waals surface area contributed by atoms with E-state index in [4.69, 9.17) is 0 Å². The third-order valence-electron chi connectivity index (χ3n) is 3.21. The summed E-state index contributed by atoms with van der Waals surface area (Å²) in [6.45, 7) is 4.30. The topological polar surface area (TPSA) is 49.4 Å². The quantitative estimate of drug-likeness (QED) is 0.724. The van der Waals surface area contributed by atoms with E-state index in [1.54, 1.807) is 25.7 Å². The van der Waals surface area contributed by atoms with Crippen molar-refractivity contribution in [3.05, 3.63) is 0 Å². The van der Waals surface area contributed by atoms with Crippen molar-refractivity contribution in [2.75, 3.05) is 25.6 Å². The minimum Gasteiger partial charge on any atom is -0.313 e. The molecule has 2 atom stereocenters. The van der Waals surface area contributed by atoms with E-state index < -0.39 is 10.0 Å². The van der Waals surface area contributed by atoms with E-state index >= 15 is 0 Å². The van der Waals surface area contributed by atoms with E-state index in [9.17, 15) is 8.42 Å². The zero-order chi connectivity index (χ0) is 13.1. The number of sulfonamides is 1. The van der Waals surface area contributed by atoms with Gasteiger partial charge in [-0.25, -0.2) is 12.7 Å². The molecule has 0 spiro atoms. The average Bonchev–Trinajstić information content (AvgIpc) is 3.08. The molecular weight excluding hydrogens is 256 g/mol. The van der Waals surface area contributed by atoms with Gasteiger partial charge in [0.2, 0.25) is 10.0 Å². The first-order chi connectivity index (χ1) is 7.89. The maximum absolute atomic E-state index is 12.3. The number of hydrogen-bond donors (Lipinski definition) is 1. The molecule has 0 radical (unpaired) electrons. The molecule has 2 unspecified atom stereocenters. The van der Waals surface area contributed by atoms with Gasteiger partial charge in [0.15, 0.2) is 0 Å². The lowest BCUT2D eigenvalue weighted by Gasteiger charge is -2.27. The summed E-state index contributed by atoms with van der Waals surface area (Å²) in [6.07, 6.45) is 4.37. The lowest BCUT2D eigenvalue weighted by molar-refractivity contribution is 0.406. The van der Waals surface area contributed by atoms with Gasteiger partial charge in [0.25, 0.3) is 0 Å². The van der Waals surface area contributed by atoms with Crippen molar-refractivity contribution in [3.8, 4) is 0 Å². The smallest absolute Gasteiger partial charge is 0.217 e. The highest BCUT2D eigenvalue weighted by Crippen LogP contribution is 2.19. The first kappa shape index (κ1) is 15.3. The zero-order valence-corrected chi connectivity index (χ0v) is 12.8. The highest BCUT2D eigenvalue weighted by atomic mass is 32.2. The normalized spacial score (nSPS) is 20.5. The highest BCUT2D eigenvalue weighted by molar-refractivity contribution is 7.98. The van der Waals surface area contributed by atoms with Crippen molar-refractivity contribution in [3.63, 3.8) is 0 Å². The summed E-state index contributed by atoms with van der Waals surface area (Å²) in [5, 5.41) is 2.93. The molecule has 1 saturated carbocycles. The number of thioether (sulfide) groups is 1. The van der Waals surface area contributed by atoms with Gasteiger partial charge in [0.05, 0.1) is 5.25 Å². The van der Waals surface area contributed by atoms with Gasteiger partial charge in [-0.05, 0) is 32.9 Å². The third-order valence-corrected chi connectivity index (χ3v) is 6.37. The van der Waals surface area contributed by atoms with E-state index in [2.05, 4.69) is 5.32 Å². The molecule has 17 heavy (non-hydrogen) atoms. The fourth-order valence-corrected chi connectivity index (χ4v) is 3.86. The SMILES string of the molecule is CSCC(C)N(C)S(=O)(=O)C(C)CNC1CC1. The number of nitrogens with zero attached hydrogens (tertiary/aromatic N) is 1. The lowest BCUT2D eigenvalue weighted by atomic mass is 10.4. The summed E-state index contributed by atoms with van der Waals surface area (Å²) < 4.78 is 26.0. The predicted molar refractivity (Wildman–Crippen MR) is 75.0 cm³/mol. The molecule has 4 nitrogen and oxygen atoms in total. The summed E-state index contributed by atoms with van der Waals surface area (Å²) in [4.78, 5) is 0. The molecule has 1 aliphatic rings. The molecule has 0 heterocycles. The van der Waals surface area contributed by atoms with Gasteiger partial charge in [0.1, 0.15) is 0 Å². The van der Waals surface area contributed by atoms with Crippen LogP contribution in [0.25, 0.3) is 0 Å². The van der Waals surface area contributed by atoms with Gasteiger partial charge in [-0.3, -0.25) is 0 Å². The van der Waals surface area contributed by atoms with E-state index in [1.807, 2.05) is 13.2 Å². The first-order valence-corrected chi connectivity index (χ1v) is 8.98. The largest absolute Gasteiger partial charge is 0.313 e. The molecule has 0 bridgehead atoms. The number of nitrogens with one attached hydrogen (secondary N) is 1. The van der Waals surface area contributed by atoms with Crippen molar-refractivity contribution in [2.24, 2.45) is 0 Å². The van der Waals surface area contributed by atoms with E-state index in [1.165, 1.54) is 17.1 Å². The maximum Gasteiger partial charge on any atom is 0.217 e. The Morgan fingerprint density at radius 1 is 1.41 bits per heavy atom. The van der Waals surface area contributed by atoms with Crippen LogP contribution in [-0.2, 0) is 10.0 Å². The molecule has 0 aliphatic heterocycles. The second kappa shape index (κ2) is 6.41. The van der Waals surface area contributed by atoms with Crippen molar-refractivity contribution in [1.82, 2.24) is 9.62 Å². The van der Waals surface area contributed by atoms with Crippen LogP contribution in [0.2, 0.25) is 0 Å². The van der Waals surface area contributed by atoms with Crippen LogP contribution in [0.4, 0.5) is 0 Å². The predicted octanol–water partition coefficient (Wildman–Crippen LogP) is 1.14. The van der Waals surface area contributed by atoms with Crippen LogP contribution in [0.3, 0.4) is 0 Å². The summed E-state index contributed by atoms with van der Waals surface area (Å²) in [6, 6.07) is 0.611. The van der Waals surface area contributed by atoms with Crippen molar-refractivity contribution < 1.29 is 8.42 Å². The Bertz CT molecular complexity index is 328. The summed E-state index contributed by atoms with van der Waals surface area (Å²) in [5.41, 5.74) is 0. The summed E-state index contributed by atoms with van der Waals surface area (Å²) in [7, 11) is -1.49. The van der Waals surface area contributed by atoms with E-state index in [0.29, 0.717) is 12.6 Å². The molecule has 6 heteroatoms. The van der Waals surface area contributed by atoms with Crippen LogP contribution >= 0.6 is 11.8 Å². The Labute approximate surface area is 110 Å². The van der Waals surface area contributed by atoms with Gasteiger partial charge in [0, 0.05) is 31.4 Å². The van der Waals surface area contributed by atoms with Gasteiger partial charge in [-0.2, -0.15) is 11.8 Å². The second-order valence-electron chi connectivity index (χ2n) is 4.86. The summed E-state index contributed by atoms with van der Waals surface area (Å²) in [5.74, 6) is 0.832. The molecular formula is C11H24N2O2S2. The van der Waals surface area contributed by atoms with E-state index in [-0.39, 0.29) is 11.3 Å². The van der Waals surface area contributed by atoms with Gasteiger partial charge >= 0.3 is 0 Å². The Morgan fingerprint density at radius 3 is 2.47 bits per heavy atom. The van der Waals surface area contributed by atoms with Gasteiger partial charge in [-0.1, -0.05) is 0 Å². The molecule has 1 rings (SSSR count). The minimum absolute atomic E-state index is 0.0541. The van der Waals surface area contributed by atoms with Gasteiger partial charge < -0.3 is 5.32 Å². The Morgan fingerprint density at radius 2 is 2.00 bits per heavy atom. The molecule has 1 N–H and O–H groups in total. The first-order valence-electron chi connectivity index (χ1n) is 6.08. The number of rotatable bonds is 8. The molecule has 1 fully saturated rings. The minimum atomic E-state index is -3.17. The van der Waals surface area contributed by atoms with Crippen LogP contribution in [0.1, 0.15) is 26.7 Å². The fourth-order valence-electron chi connectivity index (χ4n) is 1.61. The van der Waals surface area contributed by atoms with E-state index in [0.717, 1.165) is 5.75 Å². The standard InChI is InChI=1S/C11H24N2O2S2/c1-9(8-16-4)13(3)17(14,15)10(2)7-12-11-5-6-11/h9-12H,5-8H2,1-4H3. The number of hydrogen-bond acceptors (Lipinski definition) is 4. The van der Waals surface area contributed by atoms with Crippen LogP contribution in [-0.4, -0.2) is 55.7 Å². The molecule has 0 aromatic rings. The molecule has 102 valence electrons. The molecule has 1 aliphatic carbocycles. The van der Waals surface area contributed by atoms with Crippen LogP contribution in [0, 0.1) is 0 Å². The second-order valence-corrected chi connectivity index (χ2v) is 8.18.